The van der Waals surface area contributed by atoms with Gasteiger partial charge in [-0.05, 0) is 31.9 Å². The molecule has 0 fully saturated rings. The Hall–Kier alpha value is 0.963. The number of ether oxygens (including phenoxy) is 2. The molecule has 20 heteroatoms. The molecule has 1 atom stereocenters. The first kappa shape index (κ1) is 53.5. The minimum atomic E-state index is -0.706. The van der Waals surface area contributed by atoms with E-state index < -0.39 is 12.0 Å². The van der Waals surface area contributed by atoms with E-state index in [2.05, 4.69) is 121 Å². The van der Waals surface area contributed by atoms with Gasteiger partial charge in [-0.15, -0.1) is 50.5 Å². The van der Waals surface area contributed by atoms with Crippen molar-refractivity contribution in [2.75, 3.05) is 51.9 Å². The molecular formula is C23H37AuMnN5O4S8Zn. The van der Waals surface area contributed by atoms with E-state index in [1.807, 2.05) is 32.0 Å². The van der Waals surface area contributed by atoms with E-state index in [1.165, 1.54) is 19.1 Å². The number of esters is 1. The van der Waals surface area contributed by atoms with Gasteiger partial charge in [-0.2, -0.15) is 0 Å². The first-order chi connectivity index (χ1) is 18.7. The number of rotatable bonds is 11. The fourth-order valence-electron chi connectivity index (χ4n) is 2.87. The standard InChI is InChI=1S/C15H21NO4.2C4H8N2S4.Au.Mn.Zn/c1-10-7-6-8-11(2)14(10)16(13(17)9-19-4)12(3)15(18)20-5;2*7-3(8)5-1-2-6-4(9)10;;;/h6-8,12H,9H2,1-5H3;2*1-2H2,(H2,5,7,8)(H2,6,9,10);;;. The topological polar surface area (TPSA) is 104 Å². The van der Waals surface area contributed by atoms with Crippen LogP contribution in [0.1, 0.15) is 18.1 Å². The van der Waals surface area contributed by atoms with Gasteiger partial charge in [-0.1, -0.05) is 67.1 Å². The number of aryl methyl sites for hydroxylation is 2. The van der Waals surface area contributed by atoms with E-state index in [9.17, 15) is 9.59 Å². The van der Waals surface area contributed by atoms with Crippen LogP contribution in [0.4, 0.5) is 5.69 Å². The Morgan fingerprint density at radius 2 is 1.14 bits per heavy atom. The van der Waals surface area contributed by atoms with Crippen LogP contribution in [0.2, 0.25) is 0 Å². The molecule has 0 aliphatic heterocycles. The predicted molar refractivity (Wildman–Crippen MR) is 195 cm³/mol. The Kier molecular flexibility index (Phi) is 40.9. The molecule has 9 nitrogen and oxygen atoms in total. The van der Waals surface area contributed by atoms with Crippen LogP contribution in [-0.4, -0.2) is 82.2 Å². The molecule has 1 aromatic carbocycles. The maximum Gasteiger partial charge on any atom is 0.328 e. The fourth-order valence-corrected chi connectivity index (χ4v) is 3.72. The number of hydrogen-bond donors (Lipinski definition) is 8. The van der Waals surface area contributed by atoms with Crippen LogP contribution in [0.15, 0.2) is 18.2 Å². The zero-order chi connectivity index (χ0) is 31.3. The quantitative estimate of drug-likeness (QED) is 0.0551. The molecule has 0 saturated carbocycles. The van der Waals surface area contributed by atoms with E-state index in [0.29, 0.717) is 43.5 Å². The number of hydrogen-bond acceptors (Lipinski definition) is 8. The van der Waals surface area contributed by atoms with Crippen molar-refractivity contribution in [3.05, 3.63) is 29.3 Å². The van der Waals surface area contributed by atoms with Crippen molar-refractivity contribution in [1.82, 2.24) is 21.3 Å². The average molecular weight is 1020 g/mol. The van der Waals surface area contributed by atoms with Crippen molar-refractivity contribution >= 4 is 134 Å². The summed E-state index contributed by atoms with van der Waals surface area (Å²) in [5.74, 6) is -0.736. The molecule has 0 heterocycles. The van der Waals surface area contributed by atoms with Crippen LogP contribution in [0.3, 0.4) is 0 Å². The maximum atomic E-state index is 12.3. The fraction of sp³-hybridized carbons (Fsp3) is 0.478. The molecule has 0 saturated heterocycles. The normalized spacial score (nSPS) is 9.51. The number of carbonyl (C=O) groups excluding carboxylic acids is 2. The summed E-state index contributed by atoms with van der Waals surface area (Å²) in [5, 5.41) is 11.4. The Bertz CT molecular complexity index is 936. The van der Waals surface area contributed by atoms with Gasteiger partial charge < -0.3 is 30.7 Å². The zero-order valence-electron chi connectivity index (χ0n) is 24.2. The number of amides is 1. The minimum Gasteiger partial charge on any atom is -0.467 e. The van der Waals surface area contributed by atoms with Crippen LogP contribution in [0, 0.1) is 13.8 Å². The number of methoxy groups -OCH3 is 2. The van der Waals surface area contributed by atoms with E-state index >= 15 is 0 Å². The Balaban J connectivity index is -0.000000179. The van der Waals surface area contributed by atoms with Crippen LogP contribution in [0.25, 0.3) is 0 Å². The molecule has 0 spiro atoms. The van der Waals surface area contributed by atoms with Gasteiger partial charge in [0.1, 0.15) is 29.9 Å². The molecule has 0 bridgehead atoms. The number of anilines is 1. The molecule has 0 aliphatic carbocycles. The van der Waals surface area contributed by atoms with Crippen LogP contribution in [0.5, 0.6) is 0 Å². The summed E-state index contributed by atoms with van der Waals surface area (Å²) in [4.78, 5) is 25.5. The van der Waals surface area contributed by atoms with Gasteiger partial charge in [-0.3, -0.25) is 9.69 Å². The van der Waals surface area contributed by atoms with Crippen molar-refractivity contribution in [2.24, 2.45) is 0 Å². The van der Waals surface area contributed by atoms with Gasteiger partial charge in [-0.25, -0.2) is 4.79 Å². The average Bonchev–Trinajstić information content (AvgIpc) is 2.86. The molecular weight excluding hydrogens is 984 g/mol. The zero-order valence-corrected chi connectivity index (χ0v) is 37.4. The molecule has 0 aromatic heterocycles. The molecule has 4 N–H and O–H groups in total. The third kappa shape index (κ3) is 28.9. The largest absolute Gasteiger partial charge is 0.467 e. The maximum absolute atomic E-state index is 12.3. The number of thiol groups is 4. The number of nitrogens with one attached hydrogen (secondary N) is 4. The third-order valence-electron chi connectivity index (χ3n) is 4.50. The van der Waals surface area contributed by atoms with E-state index in [0.717, 1.165) is 16.8 Å². The van der Waals surface area contributed by atoms with Crippen molar-refractivity contribution in [3.63, 3.8) is 0 Å². The Morgan fingerprint density at radius 3 is 1.40 bits per heavy atom. The van der Waals surface area contributed by atoms with E-state index in [-0.39, 0.29) is 71.4 Å². The molecule has 2 radical (unpaired) electrons. The second-order valence-electron chi connectivity index (χ2n) is 7.56. The third-order valence-corrected chi connectivity index (χ3v) is 5.71. The smallest absolute Gasteiger partial charge is 0.328 e. The molecule has 246 valence electrons. The van der Waals surface area contributed by atoms with Gasteiger partial charge in [0.05, 0.1) is 12.8 Å². The molecule has 43 heavy (non-hydrogen) atoms. The van der Waals surface area contributed by atoms with Gasteiger partial charge in [0.2, 0.25) is 0 Å². The van der Waals surface area contributed by atoms with Gasteiger partial charge in [0.25, 0.3) is 5.91 Å². The second kappa shape index (κ2) is 32.9. The number of thiocarbonyl (C=S) groups is 4. The summed E-state index contributed by atoms with van der Waals surface area (Å²) in [6, 6.07) is 5.01. The van der Waals surface area contributed by atoms with Crippen LogP contribution >= 0.6 is 99.4 Å². The second-order valence-corrected chi connectivity index (χ2v) is 12.2. The van der Waals surface area contributed by atoms with Crippen LogP contribution < -0.4 is 26.2 Å². The van der Waals surface area contributed by atoms with Crippen LogP contribution in [-0.2, 0) is 78.0 Å². The summed E-state index contributed by atoms with van der Waals surface area (Å²) in [7, 11) is 2.76. The summed E-state index contributed by atoms with van der Waals surface area (Å²) >= 11 is 34.0. The SMILES string of the molecule is COCC(=O)N(c1c(C)cccc1C)C(C)C(=O)OC.S=C(S)NCCNC(=S)S.S=C(S)NCCNC(=S)S.[Au].[Mn].[Zn]. The Labute approximate surface area is 337 Å². The van der Waals surface area contributed by atoms with Crippen molar-refractivity contribution in [3.8, 4) is 0 Å². The molecule has 1 unspecified atom stereocenters. The molecule has 1 aromatic rings. The van der Waals surface area contributed by atoms with Crippen molar-refractivity contribution in [2.45, 2.75) is 26.8 Å². The number of carbonyl (C=O) groups is 2. The number of benzene rings is 1. The summed E-state index contributed by atoms with van der Waals surface area (Å²) < 4.78 is 11.6. The molecule has 0 aliphatic rings. The van der Waals surface area contributed by atoms with Crippen molar-refractivity contribution < 1.29 is 78.0 Å². The summed E-state index contributed by atoms with van der Waals surface area (Å²) in [6.45, 7) is 8.21. The summed E-state index contributed by atoms with van der Waals surface area (Å²) in [6.07, 6.45) is 0. The van der Waals surface area contributed by atoms with E-state index in [1.54, 1.807) is 6.92 Å². The van der Waals surface area contributed by atoms with Crippen molar-refractivity contribution in [1.29, 1.82) is 0 Å². The number of para-hydroxylation sites is 1. The predicted octanol–water partition coefficient (Wildman–Crippen LogP) is 3.03. The first-order valence-corrected chi connectivity index (χ1v) is 14.9. The van der Waals surface area contributed by atoms with Gasteiger partial charge in [0.15, 0.2) is 0 Å². The van der Waals surface area contributed by atoms with E-state index in [4.69, 9.17) is 9.47 Å². The Morgan fingerprint density at radius 1 is 0.814 bits per heavy atom. The minimum absolute atomic E-state index is 0. The summed E-state index contributed by atoms with van der Waals surface area (Å²) in [5.41, 5.74) is 2.57. The number of nitrogens with zero attached hydrogens (tertiary/aromatic N) is 1. The molecule has 1 amide bonds. The molecule has 1 rings (SSSR count). The first-order valence-electron chi connectivity index (χ1n) is 11.5. The van der Waals surface area contributed by atoms with Gasteiger partial charge >= 0.3 is 5.97 Å². The van der Waals surface area contributed by atoms with Gasteiger partial charge in [0, 0.05) is 92.2 Å². The monoisotopic (exact) mass is 1020 g/mol.